The molecule has 0 unspecified atom stereocenters. The molecule has 9 heteroatoms. The highest BCUT2D eigenvalue weighted by atomic mass is 16.5. The molecule has 0 radical (unpaired) electrons. The summed E-state index contributed by atoms with van der Waals surface area (Å²) in [5.74, 6) is 2.06. The van der Waals surface area contributed by atoms with Gasteiger partial charge in [0, 0.05) is 30.8 Å². The van der Waals surface area contributed by atoms with E-state index in [0.29, 0.717) is 48.7 Å². The molecule has 2 N–H and O–H groups in total. The molecule has 1 aliphatic heterocycles. The Balaban J connectivity index is 1.23. The quantitative estimate of drug-likeness (QED) is 0.555. The number of rotatable bonds is 7. The Morgan fingerprint density at radius 1 is 1.18 bits per heavy atom. The minimum atomic E-state index is -0.251. The number of hydrogen-bond acceptors (Lipinski definition) is 7. The summed E-state index contributed by atoms with van der Waals surface area (Å²) in [5, 5.41) is 25.3. The highest BCUT2D eigenvalue weighted by molar-refractivity contribution is 5.93. The summed E-state index contributed by atoms with van der Waals surface area (Å²) < 4.78 is 5.61. The lowest BCUT2D eigenvalue weighted by molar-refractivity contribution is 0.0945. The molecule has 0 atom stereocenters. The number of fused-ring (bicyclic) bond motifs is 1. The number of tetrazole rings is 1. The summed E-state index contributed by atoms with van der Waals surface area (Å²) in [6.07, 6.45) is 5.15. The number of aryl methyl sites for hydroxylation is 1. The van der Waals surface area contributed by atoms with Crippen molar-refractivity contribution >= 4 is 5.91 Å². The van der Waals surface area contributed by atoms with Crippen LogP contribution in [0.5, 0.6) is 5.75 Å². The highest BCUT2D eigenvalue weighted by Gasteiger charge is 2.22. The van der Waals surface area contributed by atoms with Crippen LogP contribution in [0.25, 0.3) is 11.4 Å². The van der Waals surface area contributed by atoms with Crippen LogP contribution in [0.3, 0.4) is 0 Å². The summed E-state index contributed by atoms with van der Waals surface area (Å²) in [7, 11) is 0. The molecule has 3 aromatic rings. The van der Waals surface area contributed by atoms with Crippen molar-refractivity contribution in [3.63, 3.8) is 0 Å². The largest absolute Gasteiger partial charge is 0.493 e. The fourth-order valence-electron chi connectivity index (χ4n) is 4.77. The minimum absolute atomic E-state index is 0.251. The number of hydrogen-bond donors (Lipinski definition) is 2. The number of aliphatic hydroxyl groups is 1. The Morgan fingerprint density at radius 2 is 2.00 bits per heavy atom. The van der Waals surface area contributed by atoms with Crippen LogP contribution in [0, 0.1) is 18.8 Å². The maximum Gasteiger partial charge on any atom is 0.270 e. The molecule has 2 aliphatic rings. The second kappa shape index (κ2) is 9.89. The number of ether oxygens (including phenoxy) is 1. The van der Waals surface area contributed by atoms with Crippen molar-refractivity contribution in [3.8, 4) is 17.1 Å². The molecule has 1 fully saturated rings. The maximum absolute atomic E-state index is 12.8. The smallest absolute Gasteiger partial charge is 0.270 e. The molecule has 178 valence electrons. The van der Waals surface area contributed by atoms with E-state index in [1.54, 1.807) is 10.9 Å². The predicted octanol–water partition coefficient (Wildman–Crippen LogP) is 2.71. The van der Waals surface area contributed by atoms with Gasteiger partial charge < -0.3 is 15.2 Å². The first-order valence-electron chi connectivity index (χ1n) is 12.0. The van der Waals surface area contributed by atoms with Crippen LogP contribution in [0.15, 0.2) is 30.3 Å². The molecule has 0 bridgehead atoms. The number of carbonyl (C=O) groups is 1. The summed E-state index contributed by atoms with van der Waals surface area (Å²) in [4.78, 5) is 18.9. The Morgan fingerprint density at radius 3 is 2.82 bits per heavy atom. The van der Waals surface area contributed by atoms with E-state index in [0.717, 1.165) is 49.0 Å². The van der Waals surface area contributed by atoms with Gasteiger partial charge in [0.15, 0.2) is 0 Å². The first-order chi connectivity index (χ1) is 16.6. The number of aromatic nitrogens is 5. The lowest BCUT2D eigenvalue weighted by Gasteiger charge is -2.26. The van der Waals surface area contributed by atoms with Crippen LogP contribution < -0.4 is 10.1 Å². The van der Waals surface area contributed by atoms with Crippen molar-refractivity contribution in [2.45, 2.75) is 52.1 Å². The zero-order valence-corrected chi connectivity index (χ0v) is 19.4. The molecule has 9 nitrogen and oxygen atoms in total. The fraction of sp³-hybridized carbons (Fsp3) is 0.480. The van der Waals surface area contributed by atoms with Crippen molar-refractivity contribution in [1.29, 1.82) is 0 Å². The minimum Gasteiger partial charge on any atom is -0.493 e. The standard InChI is InChI=1S/C25H30N6O3/c1-16-10-21(24-28-30-31(29-24)14-17-2-4-18(15-32)5-3-17)12-22(27-16)25(33)26-13-19-6-7-20-8-9-34-23(20)11-19/h6-7,10-12,17-18,32H,2-5,8-9,13-15H2,1H3,(H,26,33)/t17-,18-. The second-order valence-electron chi connectivity index (χ2n) is 9.34. The number of amides is 1. The number of nitrogens with one attached hydrogen (secondary N) is 1. The molecule has 1 aliphatic carbocycles. The second-order valence-corrected chi connectivity index (χ2v) is 9.34. The number of aliphatic hydroxyl groups excluding tert-OH is 1. The van der Waals surface area contributed by atoms with Crippen molar-refractivity contribution in [2.24, 2.45) is 11.8 Å². The van der Waals surface area contributed by atoms with E-state index in [1.165, 1.54) is 5.56 Å². The van der Waals surface area contributed by atoms with Crippen molar-refractivity contribution in [2.75, 3.05) is 13.2 Å². The van der Waals surface area contributed by atoms with E-state index in [2.05, 4.69) is 31.8 Å². The van der Waals surface area contributed by atoms with Gasteiger partial charge in [-0.05, 0) is 79.0 Å². The van der Waals surface area contributed by atoms with Gasteiger partial charge in [0.25, 0.3) is 5.91 Å². The van der Waals surface area contributed by atoms with Gasteiger partial charge in [-0.3, -0.25) is 4.79 Å². The van der Waals surface area contributed by atoms with Crippen LogP contribution in [-0.2, 0) is 19.5 Å². The van der Waals surface area contributed by atoms with Gasteiger partial charge in [-0.2, -0.15) is 4.80 Å². The summed E-state index contributed by atoms with van der Waals surface area (Å²) in [6, 6.07) is 9.63. The van der Waals surface area contributed by atoms with Crippen molar-refractivity contribution < 1.29 is 14.6 Å². The average molecular weight is 463 g/mol. The van der Waals surface area contributed by atoms with E-state index in [9.17, 15) is 9.90 Å². The summed E-state index contributed by atoms with van der Waals surface area (Å²) in [6.45, 7) is 3.95. The molecule has 34 heavy (non-hydrogen) atoms. The van der Waals surface area contributed by atoms with Gasteiger partial charge >= 0.3 is 0 Å². The van der Waals surface area contributed by atoms with Gasteiger partial charge in [-0.1, -0.05) is 12.1 Å². The normalized spacial score (nSPS) is 19.5. The maximum atomic E-state index is 12.8. The zero-order chi connectivity index (χ0) is 23.5. The van der Waals surface area contributed by atoms with Gasteiger partial charge in [0.1, 0.15) is 11.4 Å². The number of nitrogens with zero attached hydrogens (tertiary/aromatic N) is 5. The van der Waals surface area contributed by atoms with Crippen LogP contribution in [0.2, 0.25) is 0 Å². The molecule has 3 heterocycles. The molecular weight excluding hydrogens is 432 g/mol. The molecule has 1 saturated carbocycles. The zero-order valence-electron chi connectivity index (χ0n) is 19.4. The monoisotopic (exact) mass is 462 g/mol. The Hall–Kier alpha value is -3.33. The van der Waals surface area contributed by atoms with E-state index in [-0.39, 0.29) is 12.5 Å². The van der Waals surface area contributed by atoms with Crippen molar-refractivity contribution in [1.82, 2.24) is 30.5 Å². The molecule has 1 aromatic carbocycles. The van der Waals surface area contributed by atoms with Crippen molar-refractivity contribution in [3.05, 3.63) is 52.8 Å². The number of benzene rings is 1. The number of pyridine rings is 1. The first-order valence-corrected chi connectivity index (χ1v) is 12.0. The number of carbonyl (C=O) groups excluding carboxylic acids is 1. The lowest BCUT2D eigenvalue weighted by atomic mass is 9.82. The molecule has 5 rings (SSSR count). The third-order valence-corrected chi connectivity index (χ3v) is 6.76. The van der Waals surface area contributed by atoms with Crippen LogP contribution in [0.4, 0.5) is 0 Å². The van der Waals surface area contributed by atoms with Gasteiger partial charge in [-0.25, -0.2) is 4.98 Å². The topological polar surface area (TPSA) is 115 Å². The van der Waals surface area contributed by atoms with Gasteiger partial charge in [0.05, 0.1) is 13.2 Å². The van der Waals surface area contributed by atoms with Crippen LogP contribution in [0.1, 0.15) is 53.0 Å². The molecule has 1 amide bonds. The summed E-state index contributed by atoms with van der Waals surface area (Å²) >= 11 is 0. The predicted molar refractivity (Wildman–Crippen MR) is 125 cm³/mol. The molecule has 2 aromatic heterocycles. The SMILES string of the molecule is Cc1cc(-c2nnn(C[C@H]3CC[C@H](CO)CC3)n2)cc(C(=O)NCc2ccc3c(c2)OCC3)n1. The van der Waals surface area contributed by atoms with E-state index < -0.39 is 0 Å². The third kappa shape index (κ3) is 5.09. The molecular formula is C25H30N6O3. The Labute approximate surface area is 198 Å². The Kier molecular flexibility index (Phi) is 6.53. The van der Waals surface area contributed by atoms with E-state index in [4.69, 9.17) is 4.74 Å². The highest BCUT2D eigenvalue weighted by Crippen LogP contribution is 2.29. The molecule has 0 saturated heterocycles. The third-order valence-electron chi connectivity index (χ3n) is 6.76. The summed E-state index contributed by atoms with van der Waals surface area (Å²) in [5.41, 5.74) is 3.95. The van der Waals surface area contributed by atoms with Gasteiger partial charge in [0.2, 0.25) is 5.82 Å². The lowest BCUT2D eigenvalue weighted by Crippen LogP contribution is -2.24. The van der Waals surface area contributed by atoms with Gasteiger partial charge in [-0.15, -0.1) is 10.2 Å². The van der Waals surface area contributed by atoms with E-state index in [1.807, 2.05) is 25.1 Å². The Bertz CT molecular complexity index is 1170. The average Bonchev–Trinajstić information content (AvgIpc) is 3.52. The fourth-order valence-corrected chi connectivity index (χ4v) is 4.77. The first kappa shape index (κ1) is 22.5. The van der Waals surface area contributed by atoms with E-state index >= 15 is 0 Å². The molecule has 0 spiro atoms. The van der Waals surface area contributed by atoms with Crippen LogP contribution >= 0.6 is 0 Å². The van der Waals surface area contributed by atoms with Crippen LogP contribution in [-0.4, -0.2) is 49.4 Å².